The Balaban J connectivity index is 1.48. The highest BCUT2D eigenvalue weighted by Gasteiger charge is 2.57. The van der Waals surface area contributed by atoms with Gasteiger partial charge in [-0.25, -0.2) is 0 Å². The molecule has 0 N–H and O–H groups in total. The van der Waals surface area contributed by atoms with Gasteiger partial charge in [-0.05, 0) is 100 Å². The highest BCUT2D eigenvalue weighted by molar-refractivity contribution is 5.77. The van der Waals surface area contributed by atoms with Gasteiger partial charge in [-0.1, -0.05) is 38.3 Å². The smallest absolute Gasteiger partial charge is 0.311 e. The minimum Gasteiger partial charge on any atom is -0.469 e. The second-order valence-corrected chi connectivity index (χ2v) is 11.2. The van der Waals surface area contributed by atoms with Crippen molar-refractivity contribution in [2.24, 2.45) is 22.7 Å². The standard InChI is InChI=1S/C28H43NO3/c1-21-10-13-25-27(2,15-9-16-28(25,3)26(30)31-4)23(21)12-11-22-14-19-32-24(22)20-29-17-7-5-6-8-18-29/h14,19,23,25H,1,5-13,15-18,20H2,2-4H3/t23-,25-,27+,28+/m0/s1. The van der Waals surface area contributed by atoms with E-state index in [-0.39, 0.29) is 16.8 Å². The lowest BCUT2D eigenvalue weighted by Gasteiger charge is -2.57. The average molecular weight is 442 g/mol. The number of fused-ring (bicyclic) bond motifs is 1. The van der Waals surface area contributed by atoms with E-state index in [2.05, 4.69) is 31.4 Å². The Morgan fingerprint density at radius 2 is 1.94 bits per heavy atom. The van der Waals surface area contributed by atoms with Gasteiger partial charge >= 0.3 is 5.97 Å². The van der Waals surface area contributed by atoms with Crippen molar-refractivity contribution >= 4 is 5.97 Å². The number of nitrogens with zero attached hydrogens (tertiary/aromatic N) is 1. The fourth-order valence-corrected chi connectivity index (χ4v) is 7.49. The molecule has 0 unspecified atom stereocenters. The van der Waals surface area contributed by atoms with Crippen molar-refractivity contribution in [1.29, 1.82) is 0 Å². The summed E-state index contributed by atoms with van der Waals surface area (Å²) in [6.45, 7) is 12.4. The lowest BCUT2D eigenvalue weighted by molar-refractivity contribution is -0.168. The monoisotopic (exact) mass is 441 g/mol. The van der Waals surface area contributed by atoms with Gasteiger partial charge in [0, 0.05) is 0 Å². The number of carbonyl (C=O) groups excluding carboxylic acids is 1. The third-order valence-electron chi connectivity index (χ3n) is 9.28. The first kappa shape index (κ1) is 23.6. The highest BCUT2D eigenvalue weighted by Crippen LogP contribution is 2.62. The number of allylic oxidation sites excluding steroid dienone is 1. The van der Waals surface area contributed by atoms with E-state index >= 15 is 0 Å². The Morgan fingerprint density at radius 3 is 2.66 bits per heavy atom. The van der Waals surface area contributed by atoms with Crippen molar-refractivity contribution in [3.8, 4) is 0 Å². The Bertz CT molecular complexity index is 805. The number of hydrogen-bond donors (Lipinski definition) is 0. The topological polar surface area (TPSA) is 42.7 Å². The molecule has 4 atom stereocenters. The van der Waals surface area contributed by atoms with Crippen molar-refractivity contribution in [3.63, 3.8) is 0 Å². The number of ether oxygens (including phenoxy) is 1. The molecule has 3 fully saturated rings. The van der Waals surface area contributed by atoms with Gasteiger partial charge in [0.05, 0.1) is 25.3 Å². The predicted octanol–water partition coefficient (Wildman–Crippen LogP) is 6.54. The zero-order chi connectivity index (χ0) is 22.8. The second kappa shape index (κ2) is 9.75. The van der Waals surface area contributed by atoms with Gasteiger partial charge in [-0.15, -0.1) is 0 Å². The normalized spacial score (nSPS) is 34.0. The summed E-state index contributed by atoms with van der Waals surface area (Å²) < 4.78 is 11.2. The number of carbonyl (C=O) groups is 1. The van der Waals surface area contributed by atoms with E-state index in [9.17, 15) is 4.79 Å². The summed E-state index contributed by atoms with van der Waals surface area (Å²) in [6, 6.07) is 2.18. The molecule has 1 saturated heterocycles. The number of methoxy groups -OCH3 is 1. The summed E-state index contributed by atoms with van der Waals surface area (Å²) in [7, 11) is 1.55. The molecule has 0 amide bonds. The maximum Gasteiger partial charge on any atom is 0.311 e. The maximum absolute atomic E-state index is 12.8. The lowest BCUT2D eigenvalue weighted by Crippen LogP contribution is -2.53. The second-order valence-electron chi connectivity index (χ2n) is 11.2. The Kier molecular flexibility index (Phi) is 7.19. The van der Waals surface area contributed by atoms with Crippen LogP contribution < -0.4 is 0 Å². The van der Waals surface area contributed by atoms with Gasteiger partial charge in [0.25, 0.3) is 0 Å². The van der Waals surface area contributed by atoms with Crippen LogP contribution in [0.5, 0.6) is 0 Å². The van der Waals surface area contributed by atoms with Crippen LogP contribution in [0, 0.1) is 22.7 Å². The molecule has 4 heteroatoms. The van der Waals surface area contributed by atoms with Crippen LogP contribution in [-0.2, 0) is 22.5 Å². The number of likely N-dealkylation sites (tertiary alicyclic amines) is 1. The van der Waals surface area contributed by atoms with Crippen LogP contribution in [0.2, 0.25) is 0 Å². The number of aryl methyl sites for hydroxylation is 1. The van der Waals surface area contributed by atoms with Crippen LogP contribution in [0.25, 0.3) is 0 Å². The largest absolute Gasteiger partial charge is 0.469 e. The fourth-order valence-electron chi connectivity index (χ4n) is 7.49. The molecule has 1 aliphatic heterocycles. The Hall–Kier alpha value is -1.55. The SMILES string of the molecule is C=C1CC[C@H]2[C@](C)(CCC[C@@]2(C)C(=O)OC)[C@H]1CCc1ccoc1CN1CCCCCC1. The summed E-state index contributed by atoms with van der Waals surface area (Å²) in [5.41, 5.74) is 2.49. The number of rotatable bonds is 6. The number of furan rings is 1. The zero-order valence-corrected chi connectivity index (χ0v) is 20.6. The minimum absolute atomic E-state index is 0.0192. The molecule has 0 aromatic carbocycles. The van der Waals surface area contributed by atoms with E-state index in [4.69, 9.17) is 9.15 Å². The van der Waals surface area contributed by atoms with Crippen LogP contribution in [0.3, 0.4) is 0 Å². The maximum atomic E-state index is 12.8. The molecule has 0 bridgehead atoms. The van der Waals surface area contributed by atoms with Crippen LogP contribution >= 0.6 is 0 Å². The Morgan fingerprint density at radius 1 is 1.19 bits per heavy atom. The van der Waals surface area contributed by atoms with Gasteiger partial charge in [-0.3, -0.25) is 9.69 Å². The molecule has 0 radical (unpaired) electrons. The molecule has 1 aromatic rings. The predicted molar refractivity (Wildman–Crippen MR) is 128 cm³/mol. The molecule has 32 heavy (non-hydrogen) atoms. The minimum atomic E-state index is -0.367. The summed E-state index contributed by atoms with van der Waals surface area (Å²) in [5, 5.41) is 0. The summed E-state index contributed by atoms with van der Waals surface area (Å²) in [6.07, 6.45) is 14.6. The molecular weight excluding hydrogens is 398 g/mol. The molecule has 4 nitrogen and oxygen atoms in total. The quantitative estimate of drug-likeness (QED) is 0.371. The van der Waals surface area contributed by atoms with Crippen LogP contribution in [0.15, 0.2) is 28.9 Å². The van der Waals surface area contributed by atoms with Gasteiger partial charge in [-0.2, -0.15) is 0 Å². The molecule has 2 aliphatic carbocycles. The fraction of sp³-hybridized carbons (Fsp3) is 0.750. The first-order valence-electron chi connectivity index (χ1n) is 12.9. The first-order chi connectivity index (χ1) is 15.4. The lowest BCUT2D eigenvalue weighted by atomic mass is 9.46. The van der Waals surface area contributed by atoms with E-state index in [0.29, 0.717) is 11.8 Å². The summed E-state index contributed by atoms with van der Waals surface area (Å²) in [5.74, 6) is 1.95. The van der Waals surface area contributed by atoms with Crippen molar-refractivity contribution in [1.82, 2.24) is 4.90 Å². The van der Waals surface area contributed by atoms with Crippen LogP contribution in [-0.4, -0.2) is 31.1 Å². The summed E-state index contributed by atoms with van der Waals surface area (Å²) in [4.78, 5) is 15.4. The van der Waals surface area contributed by atoms with Crippen molar-refractivity contribution in [2.75, 3.05) is 20.2 Å². The third kappa shape index (κ3) is 4.44. The summed E-state index contributed by atoms with van der Waals surface area (Å²) >= 11 is 0. The van der Waals surface area contributed by atoms with Gasteiger partial charge in [0.1, 0.15) is 5.76 Å². The van der Waals surface area contributed by atoms with E-state index in [0.717, 1.165) is 50.8 Å². The molecule has 1 aromatic heterocycles. The molecule has 2 heterocycles. The van der Waals surface area contributed by atoms with Gasteiger partial charge < -0.3 is 9.15 Å². The van der Waals surface area contributed by atoms with Crippen LogP contribution in [0.4, 0.5) is 0 Å². The van der Waals surface area contributed by atoms with E-state index in [1.54, 1.807) is 7.11 Å². The molecule has 178 valence electrons. The van der Waals surface area contributed by atoms with Crippen molar-refractivity contribution in [2.45, 2.75) is 91.0 Å². The Labute approximate surface area is 194 Å². The number of hydrogen-bond acceptors (Lipinski definition) is 4. The molecule has 2 saturated carbocycles. The van der Waals surface area contributed by atoms with Crippen molar-refractivity contribution in [3.05, 3.63) is 35.8 Å². The first-order valence-corrected chi connectivity index (χ1v) is 12.9. The highest BCUT2D eigenvalue weighted by atomic mass is 16.5. The average Bonchev–Trinajstić information content (AvgIpc) is 3.04. The van der Waals surface area contributed by atoms with E-state index < -0.39 is 0 Å². The van der Waals surface area contributed by atoms with Crippen molar-refractivity contribution < 1.29 is 13.9 Å². The van der Waals surface area contributed by atoms with E-state index in [1.807, 2.05) is 6.26 Å². The van der Waals surface area contributed by atoms with Gasteiger partial charge in [0.15, 0.2) is 0 Å². The van der Waals surface area contributed by atoms with Gasteiger partial charge in [0.2, 0.25) is 0 Å². The molecular formula is C28H43NO3. The third-order valence-corrected chi connectivity index (χ3v) is 9.28. The van der Waals surface area contributed by atoms with Crippen LogP contribution in [0.1, 0.15) is 89.4 Å². The molecule has 3 aliphatic rings. The zero-order valence-electron chi connectivity index (χ0n) is 20.6. The molecule has 4 rings (SSSR count). The number of esters is 1. The molecule has 0 spiro atoms. The van der Waals surface area contributed by atoms with E-state index in [1.165, 1.54) is 56.3 Å².